The summed E-state index contributed by atoms with van der Waals surface area (Å²) >= 11 is 14.0. The van der Waals surface area contributed by atoms with Gasteiger partial charge in [0.2, 0.25) is 0 Å². The molecule has 1 unspecified atom stereocenters. The minimum atomic E-state index is -0.283. The van der Waals surface area contributed by atoms with Crippen LogP contribution in [0.25, 0.3) is 0 Å². The molecule has 0 amide bonds. The van der Waals surface area contributed by atoms with E-state index in [1.54, 1.807) is 0 Å². The highest BCUT2D eigenvalue weighted by molar-refractivity contribution is 9.40. The molecule has 1 rings (SSSR count). The second kappa shape index (κ2) is 4.58. The van der Waals surface area contributed by atoms with Gasteiger partial charge in [0, 0.05) is 0 Å². The first-order valence-corrected chi connectivity index (χ1v) is 6.57. The molecule has 4 heteroatoms. The van der Waals surface area contributed by atoms with Gasteiger partial charge in [0.15, 0.2) is 2.14 Å². The molecule has 1 atom stereocenters. The van der Waals surface area contributed by atoms with Gasteiger partial charge in [-0.05, 0) is 5.56 Å². The highest BCUT2D eigenvalue weighted by Crippen LogP contribution is 2.49. The lowest BCUT2D eigenvalue weighted by molar-refractivity contribution is 1.08. The summed E-state index contributed by atoms with van der Waals surface area (Å²) < 4.78 is -0.283. The number of hydrogen-bond acceptors (Lipinski definition) is 0. The fraction of sp³-hybridized carbons (Fsp3) is 0.250. The number of rotatable bonds is 1. The predicted octanol–water partition coefficient (Wildman–Crippen LogP) is 4.96. The molecule has 66 valence electrons. The predicted molar refractivity (Wildman–Crippen MR) is 67.6 cm³/mol. The molecule has 0 bridgehead atoms. The summed E-state index contributed by atoms with van der Waals surface area (Å²) in [5, 5.41) is 0. The fourth-order valence-electron chi connectivity index (χ4n) is 0.811. The summed E-state index contributed by atoms with van der Waals surface area (Å²) in [7, 11) is 0. The Labute approximate surface area is 106 Å². The van der Waals surface area contributed by atoms with Crippen LogP contribution in [0.2, 0.25) is 0 Å². The highest BCUT2D eigenvalue weighted by atomic mass is 80.0. The smallest absolute Gasteiger partial charge is 0.0804 e. The first-order chi connectivity index (χ1) is 5.52. The SMILES string of the molecule is BrC(c1ccccc1)C(Br)(Br)Br. The van der Waals surface area contributed by atoms with Gasteiger partial charge in [0.1, 0.15) is 0 Å². The molecule has 12 heavy (non-hydrogen) atoms. The van der Waals surface area contributed by atoms with E-state index in [1.807, 2.05) is 18.2 Å². The highest BCUT2D eigenvalue weighted by Gasteiger charge is 2.29. The molecular weight excluding hydrogens is 416 g/mol. The average Bonchev–Trinajstić information content (AvgIpc) is 2.03. The monoisotopic (exact) mass is 418 g/mol. The lowest BCUT2D eigenvalue weighted by Gasteiger charge is -2.19. The normalized spacial score (nSPS) is 14.3. The second-order valence-electron chi connectivity index (χ2n) is 2.31. The summed E-state index contributed by atoms with van der Waals surface area (Å²) in [5.41, 5.74) is 1.21. The third-order valence-electron chi connectivity index (χ3n) is 1.38. The van der Waals surface area contributed by atoms with Gasteiger partial charge in [-0.1, -0.05) is 94.1 Å². The summed E-state index contributed by atoms with van der Waals surface area (Å²) in [5.74, 6) is 0. The number of halogens is 4. The van der Waals surface area contributed by atoms with Gasteiger partial charge in [-0.25, -0.2) is 0 Å². The maximum atomic E-state index is 3.57. The molecule has 0 radical (unpaired) electrons. The van der Waals surface area contributed by atoms with Gasteiger partial charge in [0.05, 0.1) is 4.83 Å². The van der Waals surface area contributed by atoms with Gasteiger partial charge in [0.25, 0.3) is 0 Å². The van der Waals surface area contributed by atoms with Crippen LogP contribution in [0.15, 0.2) is 30.3 Å². The van der Waals surface area contributed by atoms with Crippen LogP contribution >= 0.6 is 63.7 Å². The Morgan fingerprint density at radius 2 is 1.50 bits per heavy atom. The molecule has 0 saturated carbocycles. The van der Waals surface area contributed by atoms with E-state index in [1.165, 1.54) is 5.56 Å². The molecule has 0 aliphatic heterocycles. The Balaban J connectivity index is 2.86. The zero-order chi connectivity index (χ0) is 9.19. The molecule has 0 aliphatic rings. The van der Waals surface area contributed by atoms with E-state index in [0.29, 0.717) is 0 Å². The zero-order valence-electron chi connectivity index (χ0n) is 5.98. The van der Waals surface area contributed by atoms with Crippen molar-refractivity contribution in [3.8, 4) is 0 Å². The Hall–Kier alpha value is 1.14. The summed E-state index contributed by atoms with van der Waals surface area (Å²) in [6.07, 6.45) is 0. The molecule has 0 N–H and O–H groups in total. The molecule has 0 spiro atoms. The van der Waals surface area contributed by atoms with Crippen molar-refractivity contribution >= 4 is 63.7 Å². The summed E-state index contributed by atoms with van der Waals surface area (Å²) in [4.78, 5) is 0.186. The van der Waals surface area contributed by atoms with Crippen molar-refractivity contribution in [1.29, 1.82) is 0 Å². The van der Waals surface area contributed by atoms with E-state index in [-0.39, 0.29) is 6.97 Å². The van der Waals surface area contributed by atoms with Crippen molar-refractivity contribution in [1.82, 2.24) is 0 Å². The maximum Gasteiger partial charge on any atom is 0.151 e. The van der Waals surface area contributed by atoms with Crippen LogP contribution in [0.5, 0.6) is 0 Å². The van der Waals surface area contributed by atoms with Gasteiger partial charge in [-0.3, -0.25) is 0 Å². The van der Waals surface area contributed by atoms with E-state index in [0.717, 1.165) is 0 Å². The van der Waals surface area contributed by atoms with E-state index < -0.39 is 0 Å². The summed E-state index contributed by atoms with van der Waals surface area (Å²) in [6, 6.07) is 10.2. The lowest BCUT2D eigenvalue weighted by Crippen LogP contribution is -2.08. The van der Waals surface area contributed by atoms with Crippen LogP contribution in [0.1, 0.15) is 10.4 Å². The summed E-state index contributed by atoms with van der Waals surface area (Å²) in [6.45, 7) is 0. The van der Waals surface area contributed by atoms with Gasteiger partial charge >= 0.3 is 0 Å². The van der Waals surface area contributed by atoms with Crippen LogP contribution in [0, 0.1) is 0 Å². The number of benzene rings is 1. The van der Waals surface area contributed by atoms with Crippen molar-refractivity contribution in [3.05, 3.63) is 35.9 Å². The lowest BCUT2D eigenvalue weighted by atomic mass is 10.2. The third kappa shape index (κ3) is 3.13. The van der Waals surface area contributed by atoms with Crippen molar-refractivity contribution in [2.45, 2.75) is 6.97 Å². The number of alkyl halides is 4. The Kier molecular flexibility index (Phi) is 4.28. The zero-order valence-corrected chi connectivity index (χ0v) is 12.3. The molecule has 1 aromatic carbocycles. The van der Waals surface area contributed by atoms with E-state index >= 15 is 0 Å². The van der Waals surface area contributed by atoms with Gasteiger partial charge in [-0.2, -0.15) is 0 Å². The standard InChI is InChI=1S/C8H6Br4/c9-7(8(10,11)12)6-4-2-1-3-5-6/h1-5,7H. The average molecular weight is 422 g/mol. The topological polar surface area (TPSA) is 0 Å². The maximum absolute atomic E-state index is 3.57. The molecule has 0 fully saturated rings. The van der Waals surface area contributed by atoms with E-state index in [2.05, 4.69) is 75.9 Å². The third-order valence-corrected chi connectivity index (χ3v) is 5.81. The molecule has 0 heterocycles. The fourth-order valence-corrected chi connectivity index (χ4v) is 1.91. The molecule has 0 nitrogen and oxygen atoms in total. The first-order valence-electron chi connectivity index (χ1n) is 3.27. The van der Waals surface area contributed by atoms with Crippen molar-refractivity contribution < 1.29 is 0 Å². The molecule has 1 aromatic rings. The Bertz CT molecular complexity index is 239. The van der Waals surface area contributed by atoms with Crippen LogP contribution in [-0.4, -0.2) is 2.14 Å². The van der Waals surface area contributed by atoms with E-state index in [9.17, 15) is 0 Å². The minimum Gasteiger partial charge on any atom is -0.0804 e. The van der Waals surface area contributed by atoms with Crippen LogP contribution in [-0.2, 0) is 0 Å². The second-order valence-corrected chi connectivity index (χ2v) is 10.2. The van der Waals surface area contributed by atoms with Gasteiger partial charge in [-0.15, -0.1) is 0 Å². The molecular formula is C8H6Br4. The molecule has 0 aromatic heterocycles. The quantitative estimate of drug-likeness (QED) is 0.562. The van der Waals surface area contributed by atoms with Gasteiger partial charge < -0.3 is 0 Å². The van der Waals surface area contributed by atoms with Crippen molar-refractivity contribution in [2.24, 2.45) is 0 Å². The van der Waals surface area contributed by atoms with Crippen LogP contribution in [0.3, 0.4) is 0 Å². The molecule has 0 aliphatic carbocycles. The van der Waals surface area contributed by atoms with Crippen LogP contribution in [0.4, 0.5) is 0 Å². The molecule has 0 saturated heterocycles. The Morgan fingerprint density at radius 3 is 1.92 bits per heavy atom. The Morgan fingerprint density at radius 1 is 1.00 bits per heavy atom. The first kappa shape index (κ1) is 11.2. The van der Waals surface area contributed by atoms with E-state index in [4.69, 9.17) is 0 Å². The van der Waals surface area contributed by atoms with Crippen molar-refractivity contribution in [3.63, 3.8) is 0 Å². The van der Waals surface area contributed by atoms with Crippen molar-refractivity contribution in [2.75, 3.05) is 0 Å². The minimum absolute atomic E-state index is 0.186. The number of hydrogen-bond donors (Lipinski definition) is 0. The van der Waals surface area contributed by atoms with Crippen LogP contribution < -0.4 is 0 Å². The largest absolute Gasteiger partial charge is 0.151 e.